The van der Waals surface area contributed by atoms with Gasteiger partial charge in [0.2, 0.25) is 0 Å². The van der Waals surface area contributed by atoms with Gasteiger partial charge in [0.25, 0.3) is 0 Å². The lowest BCUT2D eigenvalue weighted by molar-refractivity contribution is 0.142. The molecule has 0 aromatic carbocycles. The molecule has 1 atom stereocenters. The molecule has 0 bridgehead atoms. The van der Waals surface area contributed by atoms with Crippen LogP contribution in [0.2, 0.25) is 0 Å². The van der Waals surface area contributed by atoms with Crippen LogP contribution in [0.5, 0.6) is 0 Å². The van der Waals surface area contributed by atoms with Gasteiger partial charge in [0.05, 0.1) is 6.54 Å². The molecule has 3 rings (SSSR count). The smallest absolute Gasteiger partial charge is 0.193 e. The highest BCUT2D eigenvalue weighted by Gasteiger charge is 2.31. The summed E-state index contributed by atoms with van der Waals surface area (Å²) < 4.78 is 0. The highest BCUT2D eigenvalue weighted by Crippen LogP contribution is 2.28. The molecular weight excluding hydrogens is 363 g/mol. The first-order valence-corrected chi connectivity index (χ1v) is 8.10. The summed E-state index contributed by atoms with van der Waals surface area (Å²) in [4.78, 5) is 9.56. The number of likely N-dealkylation sites (N-methyl/N-ethyl adjacent to an activating group) is 1. The summed E-state index contributed by atoms with van der Waals surface area (Å²) >= 11 is 0. The Labute approximate surface area is 140 Å². The molecule has 1 saturated heterocycles. The third-order valence-electron chi connectivity index (χ3n) is 5.02. The largest absolute Gasteiger partial charge is 0.355 e. The van der Waals surface area contributed by atoms with E-state index >= 15 is 0 Å². The van der Waals surface area contributed by atoms with Gasteiger partial charge in [-0.25, -0.2) is 0 Å². The van der Waals surface area contributed by atoms with Gasteiger partial charge in [-0.3, -0.25) is 9.89 Å². The summed E-state index contributed by atoms with van der Waals surface area (Å²) in [6.45, 7) is 4.42. The molecule has 1 aliphatic carbocycles. The zero-order chi connectivity index (χ0) is 13.1. The predicted octanol–water partition coefficient (Wildman–Crippen LogP) is 2.29. The van der Waals surface area contributed by atoms with Gasteiger partial charge in [0, 0.05) is 32.2 Å². The number of hydrogen-bond acceptors (Lipinski definition) is 4. The molecule has 0 spiro atoms. The van der Waals surface area contributed by atoms with Crippen molar-refractivity contribution in [2.75, 3.05) is 33.2 Å². The molecule has 0 aromatic heterocycles. The minimum Gasteiger partial charge on any atom is -0.355 e. The topological polar surface area (TPSA) is 30.9 Å². The molecular formula is C15H29IN4. The van der Waals surface area contributed by atoms with Crippen LogP contribution in [0.4, 0.5) is 0 Å². The Hall–Kier alpha value is -0.0400. The lowest BCUT2D eigenvalue weighted by Crippen LogP contribution is -2.47. The Morgan fingerprint density at radius 1 is 1.10 bits per heavy atom. The summed E-state index contributed by atoms with van der Waals surface area (Å²) in [7, 11) is 2.13. The maximum absolute atomic E-state index is 4.53. The van der Waals surface area contributed by atoms with Crippen molar-refractivity contribution in [3.05, 3.63) is 0 Å². The van der Waals surface area contributed by atoms with Gasteiger partial charge in [-0.15, -0.1) is 24.0 Å². The first-order valence-electron chi connectivity index (χ1n) is 8.10. The van der Waals surface area contributed by atoms with Crippen molar-refractivity contribution >= 4 is 29.9 Å². The molecule has 116 valence electrons. The Balaban J connectivity index is 0.00000147. The molecule has 0 amide bonds. The second-order valence-corrected chi connectivity index (χ2v) is 6.33. The van der Waals surface area contributed by atoms with Crippen LogP contribution in [-0.4, -0.2) is 61.1 Å². The number of nitrogens with zero attached hydrogens (tertiary/aromatic N) is 3. The van der Waals surface area contributed by atoms with Gasteiger partial charge in [-0.2, -0.15) is 0 Å². The number of likely N-dealkylation sites (tertiary alicyclic amines) is 1. The first kappa shape index (κ1) is 16.3. The van der Waals surface area contributed by atoms with Crippen molar-refractivity contribution in [1.82, 2.24) is 15.1 Å². The molecule has 2 fully saturated rings. The summed E-state index contributed by atoms with van der Waals surface area (Å²) in [6.07, 6.45) is 9.93. The van der Waals surface area contributed by atoms with E-state index in [0.717, 1.165) is 37.7 Å². The van der Waals surface area contributed by atoms with Crippen LogP contribution in [0, 0.1) is 0 Å². The SMILES string of the molecule is CN1CCN=C1NCC1CCCN1C1CCCCC1.I. The molecule has 20 heavy (non-hydrogen) atoms. The fraction of sp³-hybridized carbons (Fsp3) is 0.933. The average molecular weight is 392 g/mol. The minimum absolute atomic E-state index is 0. The van der Waals surface area contributed by atoms with Gasteiger partial charge in [0.15, 0.2) is 5.96 Å². The van der Waals surface area contributed by atoms with E-state index < -0.39 is 0 Å². The Morgan fingerprint density at radius 2 is 1.90 bits per heavy atom. The third kappa shape index (κ3) is 3.78. The molecule has 1 saturated carbocycles. The minimum atomic E-state index is 0. The van der Waals surface area contributed by atoms with E-state index in [1.165, 1.54) is 51.5 Å². The molecule has 4 nitrogen and oxygen atoms in total. The molecule has 1 N–H and O–H groups in total. The quantitative estimate of drug-likeness (QED) is 0.748. The van der Waals surface area contributed by atoms with Crippen LogP contribution in [0.25, 0.3) is 0 Å². The second-order valence-electron chi connectivity index (χ2n) is 6.33. The average Bonchev–Trinajstić information content (AvgIpc) is 3.06. The van der Waals surface area contributed by atoms with E-state index in [-0.39, 0.29) is 24.0 Å². The fourth-order valence-electron chi connectivity index (χ4n) is 3.90. The lowest BCUT2D eigenvalue weighted by atomic mass is 9.94. The van der Waals surface area contributed by atoms with E-state index in [1.807, 2.05) is 0 Å². The van der Waals surface area contributed by atoms with Crippen molar-refractivity contribution in [1.29, 1.82) is 0 Å². The lowest BCUT2D eigenvalue weighted by Gasteiger charge is -2.36. The Morgan fingerprint density at radius 3 is 2.60 bits per heavy atom. The highest BCUT2D eigenvalue weighted by molar-refractivity contribution is 14.0. The van der Waals surface area contributed by atoms with Crippen molar-refractivity contribution in [2.24, 2.45) is 4.99 Å². The van der Waals surface area contributed by atoms with Crippen LogP contribution < -0.4 is 5.32 Å². The standard InChI is InChI=1S/C15H28N4.HI/c1-18-11-9-16-15(18)17-12-14-8-5-10-19(14)13-6-3-2-4-7-13;/h13-14H,2-12H2,1H3,(H,16,17);1H. The van der Waals surface area contributed by atoms with Crippen molar-refractivity contribution in [3.8, 4) is 0 Å². The van der Waals surface area contributed by atoms with E-state index in [1.54, 1.807) is 0 Å². The van der Waals surface area contributed by atoms with Crippen LogP contribution in [0.15, 0.2) is 4.99 Å². The highest BCUT2D eigenvalue weighted by atomic mass is 127. The van der Waals surface area contributed by atoms with Crippen LogP contribution >= 0.6 is 24.0 Å². The maximum atomic E-state index is 4.53. The summed E-state index contributed by atoms with van der Waals surface area (Å²) in [5.41, 5.74) is 0. The summed E-state index contributed by atoms with van der Waals surface area (Å²) in [6, 6.07) is 1.60. The molecule has 2 heterocycles. The number of aliphatic imine (C=N–C) groups is 1. The van der Waals surface area contributed by atoms with Crippen molar-refractivity contribution in [2.45, 2.75) is 57.0 Å². The normalized spacial score (nSPS) is 28.4. The maximum Gasteiger partial charge on any atom is 0.193 e. The van der Waals surface area contributed by atoms with E-state index in [2.05, 4.69) is 27.2 Å². The molecule has 5 heteroatoms. The molecule has 2 aliphatic heterocycles. The van der Waals surface area contributed by atoms with E-state index in [0.29, 0.717) is 0 Å². The number of nitrogens with one attached hydrogen (secondary N) is 1. The fourth-order valence-corrected chi connectivity index (χ4v) is 3.90. The molecule has 3 aliphatic rings. The van der Waals surface area contributed by atoms with Gasteiger partial charge in [-0.05, 0) is 32.2 Å². The molecule has 0 radical (unpaired) electrons. The van der Waals surface area contributed by atoms with Gasteiger partial charge in [0.1, 0.15) is 0 Å². The number of rotatable bonds is 3. The number of guanidine groups is 1. The third-order valence-corrected chi connectivity index (χ3v) is 5.02. The van der Waals surface area contributed by atoms with Gasteiger partial charge in [-0.1, -0.05) is 19.3 Å². The van der Waals surface area contributed by atoms with Crippen molar-refractivity contribution in [3.63, 3.8) is 0 Å². The first-order chi connectivity index (χ1) is 9.34. The van der Waals surface area contributed by atoms with Crippen LogP contribution in [-0.2, 0) is 0 Å². The zero-order valence-electron chi connectivity index (χ0n) is 12.7. The Bertz CT molecular complexity index is 328. The molecule has 1 unspecified atom stereocenters. The van der Waals surface area contributed by atoms with Crippen LogP contribution in [0.3, 0.4) is 0 Å². The number of halogens is 1. The van der Waals surface area contributed by atoms with E-state index in [4.69, 9.17) is 0 Å². The van der Waals surface area contributed by atoms with Gasteiger partial charge < -0.3 is 10.2 Å². The Kier molecular flexibility index (Phi) is 6.39. The molecule has 0 aromatic rings. The summed E-state index contributed by atoms with van der Waals surface area (Å²) in [5, 5.41) is 3.58. The van der Waals surface area contributed by atoms with Gasteiger partial charge >= 0.3 is 0 Å². The predicted molar refractivity (Wildman–Crippen MR) is 95.0 cm³/mol. The van der Waals surface area contributed by atoms with Crippen LogP contribution in [0.1, 0.15) is 44.9 Å². The summed E-state index contributed by atoms with van der Waals surface area (Å²) in [5.74, 6) is 1.11. The monoisotopic (exact) mass is 392 g/mol. The van der Waals surface area contributed by atoms with Crippen molar-refractivity contribution < 1.29 is 0 Å². The number of hydrogen-bond donors (Lipinski definition) is 1. The second kappa shape index (κ2) is 7.82. The van der Waals surface area contributed by atoms with E-state index in [9.17, 15) is 0 Å². The zero-order valence-corrected chi connectivity index (χ0v) is 15.0.